The number of aryl methyl sites for hydroxylation is 1. The van der Waals surface area contributed by atoms with Crippen molar-refractivity contribution in [2.45, 2.75) is 13.5 Å². The smallest absolute Gasteiger partial charge is 0.328 e. The van der Waals surface area contributed by atoms with Gasteiger partial charge in [-0.1, -0.05) is 15.9 Å². The lowest BCUT2D eigenvalue weighted by molar-refractivity contribution is -0.134. The first-order valence-corrected chi connectivity index (χ1v) is 8.57. The van der Waals surface area contributed by atoms with Crippen molar-refractivity contribution >= 4 is 43.8 Å². The summed E-state index contributed by atoms with van der Waals surface area (Å²) in [6, 6.07) is 5.87. The molecule has 1 aromatic heterocycles. The number of aromatic nitrogens is 2. The number of carbonyl (C=O) groups is 2. The van der Waals surface area contributed by atoms with E-state index in [0.717, 1.165) is 27.1 Å². The number of aliphatic carboxylic acids is 2. The van der Waals surface area contributed by atoms with Gasteiger partial charge in [-0.15, -0.1) is 0 Å². The average Bonchev–Trinajstić information content (AvgIpc) is 2.93. The largest absolute Gasteiger partial charge is 0.491 e. The van der Waals surface area contributed by atoms with Crippen molar-refractivity contribution in [1.29, 1.82) is 0 Å². The van der Waals surface area contributed by atoms with Crippen molar-refractivity contribution in [3.8, 4) is 5.75 Å². The molecule has 0 saturated carbocycles. The first-order chi connectivity index (χ1) is 11.8. The highest BCUT2D eigenvalue weighted by Gasteiger charge is 2.02. The molecule has 25 heavy (non-hydrogen) atoms. The average molecular weight is 476 g/mol. The van der Waals surface area contributed by atoms with Gasteiger partial charge in [0, 0.05) is 29.0 Å². The summed E-state index contributed by atoms with van der Waals surface area (Å²) in [6.07, 6.45) is 4.87. The molecular weight excluding hydrogens is 460 g/mol. The third kappa shape index (κ3) is 8.50. The molecule has 2 N–H and O–H groups in total. The summed E-state index contributed by atoms with van der Waals surface area (Å²) in [4.78, 5) is 23.3. The third-order valence-corrected chi connectivity index (χ3v) is 3.89. The zero-order valence-electron chi connectivity index (χ0n) is 13.2. The zero-order valence-corrected chi connectivity index (χ0v) is 16.4. The Balaban J connectivity index is 0.000000333. The summed E-state index contributed by atoms with van der Waals surface area (Å²) >= 11 is 6.87. The quantitative estimate of drug-likeness (QED) is 0.620. The predicted molar refractivity (Wildman–Crippen MR) is 98.7 cm³/mol. The molecule has 0 aliphatic rings. The highest BCUT2D eigenvalue weighted by molar-refractivity contribution is 9.11. The Morgan fingerprint density at radius 2 is 1.88 bits per heavy atom. The standard InChI is InChI=1S/C12H12Br2N2O.C4H4O4/c1-9-15-4-5-16(9)6-7-17-12-3-2-10(13)8-11(12)14;5-3(6)1-2-4(7)8/h2-5,8H,6-7H2,1H3;1-2H,(H,5,6)(H,7,8)/b;2-1-. The van der Waals surface area contributed by atoms with Crippen LogP contribution in [0.15, 0.2) is 51.7 Å². The Labute approximate surface area is 161 Å². The topological polar surface area (TPSA) is 102 Å². The van der Waals surface area contributed by atoms with Crippen molar-refractivity contribution in [2.75, 3.05) is 6.61 Å². The fourth-order valence-corrected chi connectivity index (χ4v) is 2.79. The maximum atomic E-state index is 9.55. The van der Waals surface area contributed by atoms with Crippen LogP contribution in [-0.4, -0.2) is 38.3 Å². The lowest BCUT2D eigenvalue weighted by Gasteiger charge is -2.09. The second-order valence-corrected chi connectivity index (χ2v) is 6.37. The summed E-state index contributed by atoms with van der Waals surface area (Å²) in [5, 5.41) is 15.6. The summed E-state index contributed by atoms with van der Waals surface area (Å²) in [6.45, 7) is 3.40. The number of ether oxygens (including phenoxy) is 1. The Hall–Kier alpha value is -2.13. The fourth-order valence-electron chi connectivity index (χ4n) is 1.63. The summed E-state index contributed by atoms with van der Waals surface area (Å²) < 4.78 is 9.75. The molecule has 0 aliphatic heterocycles. The number of nitrogens with zero attached hydrogens (tertiary/aromatic N) is 2. The van der Waals surface area contributed by atoms with Gasteiger partial charge in [0.2, 0.25) is 0 Å². The van der Waals surface area contributed by atoms with Crippen molar-refractivity contribution in [2.24, 2.45) is 0 Å². The number of imidazole rings is 1. The van der Waals surface area contributed by atoms with Gasteiger partial charge in [-0.3, -0.25) is 0 Å². The Morgan fingerprint density at radius 1 is 1.24 bits per heavy atom. The molecule has 2 rings (SSSR count). The minimum Gasteiger partial charge on any atom is -0.491 e. The van der Waals surface area contributed by atoms with Gasteiger partial charge in [-0.05, 0) is 41.1 Å². The van der Waals surface area contributed by atoms with Gasteiger partial charge in [0.15, 0.2) is 0 Å². The first-order valence-electron chi connectivity index (χ1n) is 6.99. The van der Waals surface area contributed by atoms with Crippen LogP contribution in [0, 0.1) is 6.92 Å². The number of carboxylic acids is 2. The van der Waals surface area contributed by atoms with E-state index in [4.69, 9.17) is 14.9 Å². The molecule has 1 heterocycles. The zero-order chi connectivity index (χ0) is 18.8. The Morgan fingerprint density at radius 3 is 2.36 bits per heavy atom. The maximum absolute atomic E-state index is 9.55. The number of hydrogen-bond donors (Lipinski definition) is 2. The molecule has 0 atom stereocenters. The van der Waals surface area contributed by atoms with Gasteiger partial charge in [-0.2, -0.15) is 0 Å². The third-order valence-electron chi connectivity index (χ3n) is 2.78. The Bertz CT molecular complexity index is 743. The first kappa shape index (κ1) is 20.9. The van der Waals surface area contributed by atoms with Crippen LogP contribution in [0.4, 0.5) is 0 Å². The van der Waals surface area contributed by atoms with E-state index in [1.807, 2.05) is 31.3 Å². The molecule has 0 amide bonds. The van der Waals surface area contributed by atoms with Gasteiger partial charge in [0.1, 0.15) is 18.2 Å². The monoisotopic (exact) mass is 474 g/mol. The molecule has 134 valence electrons. The number of rotatable bonds is 6. The lowest BCUT2D eigenvalue weighted by atomic mass is 10.3. The van der Waals surface area contributed by atoms with Crippen molar-refractivity contribution in [3.05, 3.63) is 57.5 Å². The van der Waals surface area contributed by atoms with Gasteiger partial charge in [-0.25, -0.2) is 14.6 Å². The van der Waals surface area contributed by atoms with Gasteiger partial charge >= 0.3 is 11.9 Å². The minimum atomic E-state index is -1.26. The van der Waals surface area contributed by atoms with E-state index < -0.39 is 11.9 Å². The van der Waals surface area contributed by atoms with Crippen molar-refractivity contribution in [1.82, 2.24) is 9.55 Å². The minimum absolute atomic E-state index is 0.558. The van der Waals surface area contributed by atoms with Crippen LogP contribution < -0.4 is 4.74 Å². The Kier molecular flexibility index (Phi) is 8.93. The van der Waals surface area contributed by atoms with Gasteiger partial charge in [0.05, 0.1) is 11.0 Å². The molecule has 0 radical (unpaired) electrons. The van der Waals surface area contributed by atoms with Crippen LogP contribution in [0.2, 0.25) is 0 Å². The van der Waals surface area contributed by atoms with E-state index in [1.165, 1.54) is 0 Å². The van der Waals surface area contributed by atoms with Gasteiger partial charge < -0.3 is 19.5 Å². The number of halogens is 2. The molecule has 0 saturated heterocycles. The highest BCUT2D eigenvalue weighted by atomic mass is 79.9. The van der Waals surface area contributed by atoms with Crippen molar-refractivity contribution in [3.63, 3.8) is 0 Å². The molecule has 0 fully saturated rings. The summed E-state index contributed by atoms with van der Waals surface area (Å²) in [5.41, 5.74) is 0. The second-order valence-electron chi connectivity index (χ2n) is 4.60. The van der Waals surface area contributed by atoms with E-state index in [1.54, 1.807) is 6.20 Å². The van der Waals surface area contributed by atoms with Crippen LogP contribution in [0.3, 0.4) is 0 Å². The number of hydrogen-bond acceptors (Lipinski definition) is 4. The van der Waals surface area contributed by atoms with Crippen LogP contribution in [0.1, 0.15) is 5.82 Å². The molecule has 2 aromatic rings. The van der Waals surface area contributed by atoms with E-state index in [2.05, 4.69) is 41.4 Å². The highest BCUT2D eigenvalue weighted by Crippen LogP contribution is 2.28. The molecule has 1 aromatic carbocycles. The molecule has 0 aliphatic carbocycles. The number of carboxylic acid groups (broad SMARTS) is 2. The van der Waals surface area contributed by atoms with E-state index in [0.29, 0.717) is 18.8 Å². The molecule has 7 nitrogen and oxygen atoms in total. The van der Waals surface area contributed by atoms with E-state index in [9.17, 15) is 9.59 Å². The SMILES string of the molecule is Cc1nccn1CCOc1ccc(Br)cc1Br.O=C(O)/C=C\C(=O)O. The molecular formula is C16H16Br2N2O5. The van der Waals surface area contributed by atoms with Crippen LogP contribution >= 0.6 is 31.9 Å². The molecule has 0 unspecified atom stereocenters. The maximum Gasteiger partial charge on any atom is 0.328 e. The second kappa shape index (κ2) is 10.7. The van der Waals surface area contributed by atoms with Crippen LogP contribution in [-0.2, 0) is 16.1 Å². The number of benzene rings is 1. The fraction of sp³-hybridized carbons (Fsp3) is 0.188. The van der Waals surface area contributed by atoms with E-state index in [-0.39, 0.29) is 0 Å². The molecule has 0 bridgehead atoms. The van der Waals surface area contributed by atoms with E-state index >= 15 is 0 Å². The van der Waals surface area contributed by atoms with Crippen LogP contribution in [0.5, 0.6) is 5.75 Å². The molecule has 0 spiro atoms. The molecule has 9 heteroatoms. The predicted octanol–water partition coefficient (Wildman–Crippen LogP) is 3.51. The summed E-state index contributed by atoms with van der Waals surface area (Å²) in [7, 11) is 0. The van der Waals surface area contributed by atoms with Crippen LogP contribution in [0.25, 0.3) is 0 Å². The summed E-state index contributed by atoms with van der Waals surface area (Å²) in [5.74, 6) is -0.658. The lowest BCUT2D eigenvalue weighted by Crippen LogP contribution is -2.08. The normalized spacial score (nSPS) is 10.2. The van der Waals surface area contributed by atoms with Crippen molar-refractivity contribution < 1.29 is 24.5 Å². The van der Waals surface area contributed by atoms with Gasteiger partial charge in [0.25, 0.3) is 0 Å².